The average Bonchev–Trinajstić information content (AvgIpc) is 3.00. The van der Waals surface area contributed by atoms with Crippen LogP contribution in [0.3, 0.4) is 0 Å². The van der Waals surface area contributed by atoms with Gasteiger partial charge in [-0.15, -0.1) is 11.8 Å². The molecule has 2 heterocycles. The molecule has 3 atom stereocenters. The number of carboxylic acids is 1. The molecule has 3 unspecified atom stereocenters. The largest absolute Gasteiger partial charge is 0.481 e. The molecule has 2 bridgehead atoms. The molecule has 2 saturated heterocycles. The predicted molar refractivity (Wildman–Crippen MR) is 85.9 cm³/mol. The van der Waals surface area contributed by atoms with Crippen molar-refractivity contribution in [2.75, 3.05) is 12.3 Å². The first-order chi connectivity index (χ1) is 10.1. The van der Waals surface area contributed by atoms with E-state index in [1.165, 1.54) is 22.4 Å². The molecule has 2 fully saturated rings. The number of hydrogen-bond donors (Lipinski definition) is 1. The van der Waals surface area contributed by atoms with Gasteiger partial charge in [0.25, 0.3) is 0 Å². The van der Waals surface area contributed by atoms with E-state index in [1.54, 1.807) is 0 Å². The van der Waals surface area contributed by atoms with E-state index in [2.05, 4.69) is 36.9 Å². The van der Waals surface area contributed by atoms with Gasteiger partial charge in [0.2, 0.25) is 0 Å². The molecule has 0 aromatic heterocycles. The lowest BCUT2D eigenvalue weighted by molar-refractivity contribution is -0.142. The number of nitrogens with zero attached hydrogens (tertiary/aromatic N) is 1. The molecule has 0 aliphatic carbocycles. The van der Waals surface area contributed by atoms with E-state index >= 15 is 0 Å². The van der Waals surface area contributed by atoms with Crippen LogP contribution in [0.1, 0.15) is 30.4 Å². The maximum atomic E-state index is 11.3. The van der Waals surface area contributed by atoms with Gasteiger partial charge in [-0.25, -0.2) is 0 Å². The molecule has 3 nitrogen and oxygen atoms in total. The first-order valence-electron chi connectivity index (χ1n) is 7.75. The van der Waals surface area contributed by atoms with Crippen LogP contribution in [-0.4, -0.2) is 40.4 Å². The summed E-state index contributed by atoms with van der Waals surface area (Å²) in [6.45, 7) is 5.30. The second kappa shape index (κ2) is 6.01. The Bertz CT molecular complexity index is 546. The minimum Gasteiger partial charge on any atom is -0.481 e. The quantitative estimate of drug-likeness (QED) is 0.847. The Kier molecular flexibility index (Phi) is 4.27. The number of aryl methyl sites for hydroxylation is 2. The zero-order valence-electron chi connectivity index (χ0n) is 12.7. The van der Waals surface area contributed by atoms with Crippen molar-refractivity contribution < 1.29 is 9.90 Å². The van der Waals surface area contributed by atoms with Crippen LogP contribution < -0.4 is 0 Å². The normalized spacial score (nSPS) is 28.2. The Balaban J connectivity index is 1.54. The van der Waals surface area contributed by atoms with Gasteiger partial charge in [0, 0.05) is 29.3 Å². The third-order valence-electron chi connectivity index (χ3n) is 5.09. The lowest BCUT2D eigenvalue weighted by Crippen LogP contribution is -2.34. The van der Waals surface area contributed by atoms with Gasteiger partial charge in [-0.05, 0) is 56.4 Å². The molecule has 0 spiro atoms. The summed E-state index contributed by atoms with van der Waals surface area (Å²) in [5, 5.41) is 9.28. The first-order valence-corrected chi connectivity index (χ1v) is 8.73. The molecule has 0 saturated carbocycles. The Morgan fingerprint density at radius 1 is 1.33 bits per heavy atom. The summed E-state index contributed by atoms with van der Waals surface area (Å²) in [6.07, 6.45) is 3.10. The smallest absolute Gasteiger partial charge is 0.308 e. The number of fused-ring (bicyclic) bond motifs is 2. The van der Waals surface area contributed by atoms with Crippen molar-refractivity contribution in [3.63, 3.8) is 0 Å². The van der Waals surface area contributed by atoms with Crippen molar-refractivity contribution in [1.82, 2.24) is 4.90 Å². The van der Waals surface area contributed by atoms with Crippen LogP contribution in [0.5, 0.6) is 0 Å². The number of aliphatic carboxylic acids is 1. The molecule has 2 aliphatic rings. The highest BCUT2D eigenvalue weighted by atomic mass is 32.2. The van der Waals surface area contributed by atoms with Crippen LogP contribution in [0.15, 0.2) is 23.1 Å². The number of carbonyl (C=O) groups is 1. The van der Waals surface area contributed by atoms with Gasteiger partial charge in [0.15, 0.2) is 0 Å². The van der Waals surface area contributed by atoms with Gasteiger partial charge in [-0.3, -0.25) is 9.69 Å². The summed E-state index contributed by atoms with van der Waals surface area (Å²) >= 11 is 1.88. The third-order valence-corrected chi connectivity index (χ3v) is 6.07. The predicted octanol–water partition coefficient (Wildman–Crippen LogP) is 3.33. The van der Waals surface area contributed by atoms with Gasteiger partial charge in [-0.1, -0.05) is 6.07 Å². The minimum atomic E-state index is -0.603. The van der Waals surface area contributed by atoms with E-state index in [1.807, 2.05) is 11.8 Å². The maximum Gasteiger partial charge on any atom is 0.308 e. The van der Waals surface area contributed by atoms with Gasteiger partial charge in [-0.2, -0.15) is 0 Å². The van der Waals surface area contributed by atoms with Gasteiger partial charge in [0.1, 0.15) is 0 Å². The maximum absolute atomic E-state index is 11.3. The standard InChI is InChI=1S/C17H23NO2S/c1-11-3-5-14(9-12(11)2)21-8-7-18-13-4-6-16(18)15(10-13)17(19)20/h3,5,9,13,15-16H,4,6-8,10H2,1-2H3,(H,19,20). The fourth-order valence-corrected chi connectivity index (χ4v) is 4.75. The Morgan fingerprint density at radius 3 is 2.81 bits per heavy atom. The molecule has 2 aliphatic heterocycles. The molecular formula is C17H23NO2S. The van der Waals surface area contributed by atoms with Gasteiger partial charge >= 0.3 is 5.97 Å². The molecule has 4 heteroatoms. The summed E-state index contributed by atoms with van der Waals surface area (Å²) < 4.78 is 0. The van der Waals surface area contributed by atoms with Crippen LogP contribution in [0, 0.1) is 19.8 Å². The van der Waals surface area contributed by atoms with Crippen molar-refractivity contribution in [2.24, 2.45) is 5.92 Å². The number of carboxylic acid groups (broad SMARTS) is 1. The van der Waals surface area contributed by atoms with Crippen molar-refractivity contribution in [3.8, 4) is 0 Å². The monoisotopic (exact) mass is 305 g/mol. The Labute approximate surface area is 130 Å². The third kappa shape index (κ3) is 2.97. The average molecular weight is 305 g/mol. The molecule has 1 aromatic carbocycles. The molecule has 0 amide bonds. The molecular weight excluding hydrogens is 282 g/mol. The van der Waals surface area contributed by atoms with E-state index in [4.69, 9.17) is 0 Å². The summed E-state index contributed by atoms with van der Waals surface area (Å²) in [4.78, 5) is 15.0. The van der Waals surface area contributed by atoms with Crippen molar-refractivity contribution >= 4 is 17.7 Å². The van der Waals surface area contributed by atoms with Gasteiger partial charge < -0.3 is 5.11 Å². The highest BCUT2D eigenvalue weighted by molar-refractivity contribution is 7.99. The zero-order valence-corrected chi connectivity index (χ0v) is 13.5. The highest BCUT2D eigenvalue weighted by Gasteiger charge is 2.48. The van der Waals surface area contributed by atoms with Crippen LogP contribution in [0.2, 0.25) is 0 Å². The van der Waals surface area contributed by atoms with E-state index < -0.39 is 5.97 Å². The summed E-state index contributed by atoms with van der Waals surface area (Å²) in [7, 11) is 0. The SMILES string of the molecule is Cc1ccc(SCCN2C3CCC2C(C(=O)O)C3)cc1C. The molecule has 1 N–H and O–H groups in total. The fourth-order valence-electron chi connectivity index (χ4n) is 3.79. The van der Waals surface area contributed by atoms with Gasteiger partial charge in [0.05, 0.1) is 5.92 Å². The van der Waals surface area contributed by atoms with Crippen molar-refractivity contribution in [3.05, 3.63) is 29.3 Å². The van der Waals surface area contributed by atoms with Crippen molar-refractivity contribution in [2.45, 2.75) is 50.1 Å². The number of hydrogen-bond acceptors (Lipinski definition) is 3. The highest BCUT2D eigenvalue weighted by Crippen LogP contribution is 2.41. The molecule has 0 radical (unpaired) electrons. The molecule has 21 heavy (non-hydrogen) atoms. The molecule has 1 aromatic rings. The van der Waals surface area contributed by atoms with Crippen LogP contribution in [-0.2, 0) is 4.79 Å². The van der Waals surface area contributed by atoms with Crippen LogP contribution in [0.25, 0.3) is 0 Å². The second-order valence-electron chi connectivity index (χ2n) is 6.31. The van der Waals surface area contributed by atoms with E-state index in [9.17, 15) is 9.90 Å². The zero-order chi connectivity index (χ0) is 15.0. The lowest BCUT2D eigenvalue weighted by atomic mass is 9.89. The van der Waals surface area contributed by atoms with Crippen LogP contribution >= 0.6 is 11.8 Å². The summed E-state index contributed by atoms with van der Waals surface area (Å²) in [5.74, 6) is 0.311. The lowest BCUT2D eigenvalue weighted by Gasteiger charge is -2.22. The number of benzene rings is 1. The van der Waals surface area contributed by atoms with E-state index in [-0.39, 0.29) is 12.0 Å². The second-order valence-corrected chi connectivity index (χ2v) is 7.48. The van der Waals surface area contributed by atoms with E-state index in [0.717, 1.165) is 25.1 Å². The first kappa shape index (κ1) is 14.9. The summed E-state index contributed by atoms with van der Waals surface area (Å²) in [6, 6.07) is 7.41. The number of thioether (sulfide) groups is 1. The Morgan fingerprint density at radius 2 is 2.14 bits per heavy atom. The van der Waals surface area contributed by atoms with E-state index in [0.29, 0.717) is 6.04 Å². The topological polar surface area (TPSA) is 40.5 Å². The molecule has 114 valence electrons. The Hall–Kier alpha value is -1.00. The minimum absolute atomic E-state index is 0.129. The van der Waals surface area contributed by atoms with Crippen LogP contribution in [0.4, 0.5) is 0 Å². The summed E-state index contributed by atoms with van der Waals surface area (Å²) in [5.41, 5.74) is 2.67. The fraction of sp³-hybridized carbons (Fsp3) is 0.588. The molecule has 3 rings (SSSR count). The number of rotatable bonds is 5. The van der Waals surface area contributed by atoms with Crippen molar-refractivity contribution in [1.29, 1.82) is 0 Å².